The van der Waals surface area contributed by atoms with Crippen molar-refractivity contribution in [1.29, 1.82) is 0 Å². The molecule has 2 aromatic rings. The molecule has 0 aromatic heterocycles. The third-order valence-corrected chi connectivity index (χ3v) is 3.18. The smallest absolute Gasteiger partial charge is 0.243 e. The summed E-state index contributed by atoms with van der Waals surface area (Å²) in [5, 5.41) is 2.63. The number of fused-ring (bicyclic) bond motifs is 1. The van der Waals surface area contributed by atoms with E-state index in [-0.39, 0.29) is 19.3 Å². The minimum atomic E-state index is -0.506. The van der Waals surface area contributed by atoms with Gasteiger partial charge < -0.3 is 16.2 Å². The third-order valence-electron chi connectivity index (χ3n) is 2.85. The Balaban J connectivity index is 2.24. The summed E-state index contributed by atoms with van der Waals surface area (Å²) in [6, 6.07) is 11.1. The van der Waals surface area contributed by atoms with Crippen LogP contribution in [0.25, 0.3) is 10.8 Å². The lowest BCUT2D eigenvalue weighted by Gasteiger charge is -2.15. The number of rotatable bonds is 5. The van der Waals surface area contributed by atoms with Gasteiger partial charge in [0.2, 0.25) is 5.91 Å². The van der Waals surface area contributed by atoms with E-state index in [9.17, 15) is 4.79 Å². The summed E-state index contributed by atoms with van der Waals surface area (Å²) in [5.74, 6) is -0.506. The summed E-state index contributed by atoms with van der Waals surface area (Å²) in [6.45, 7) is 0.105. The van der Waals surface area contributed by atoms with E-state index in [1.807, 2.05) is 36.4 Å². The summed E-state index contributed by atoms with van der Waals surface area (Å²) in [5.41, 5.74) is 12.0. The molecule has 2 aromatic carbocycles. The van der Waals surface area contributed by atoms with E-state index in [1.54, 1.807) is 0 Å². The van der Waals surface area contributed by atoms with Gasteiger partial charge in [0.05, 0.1) is 12.6 Å². The summed E-state index contributed by atoms with van der Waals surface area (Å²) in [7, 11) is 0. The molecule has 0 fully saturated rings. The first-order valence-electron chi connectivity index (χ1n) is 5.88. The molecule has 1 unspecified atom stereocenters. The topological polar surface area (TPSA) is 78.3 Å². The predicted molar refractivity (Wildman–Crippen MR) is 75.9 cm³/mol. The SMILES string of the molecule is NC(=O)COCC(N)c1ccc(Cl)c2ccccc12. The van der Waals surface area contributed by atoms with Crippen LogP contribution >= 0.6 is 11.6 Å². The van der Waals surface area contributed by atoms with Gasteiger partial charge in [-0.2, -0.15) is 0 Å². The maximum Gasteiger partial charge on any atom is 0.243 e. The van der Waals surface area contributed by atoms with Gasteiger partial charge in [-0.25, -0.2) is 0 Å². The van der Waals surface area contributed by atoms with Crippen molar-refractivity contribution in [3.8, 4) is 0 Å². The Morgan fingerprint density at radius 2 is 1.89 bits per heavy atom. The molecule has 0 aliphatic rings. The second-order valence-corrected chi connectivity index (χ2v) is 4.68. The van der Waals surface area contributed by atoms with Crippen LogP contribution in [0.2, 0.25) is 5.02 Å². The number of halogens is 1. The third kappa shape index (κ3) is 3.23. The van der Waals surface area contributed by atoms with Crippen LogP contribution in [0, 0.1) is 0 Å². The standard InChI is InChI=1S/C14H15ClN2O2/c15-12-6-5-11(9-3-1-2-4-10(9)12)13(16)7-19-8-14(17)18/h1-6,13H,7-8,16H2,(H2,17,18). The van der Waals surface area contributed by atoms with Crippen molar-refractivity contribution in [2.45, 2.75) is 6.04 Å². The first-order chi connectivity index (χ1) is 9.09. The van der Waals surface area contributed by atoms with Crippen molar-refractivity contribution >= 4 is 28.3 Å². The van der Waals surface area contributed by atoms with E-state index < -0.39 is 5.91 Å². The lowest BCUT2D eigenvalue weighted by Crippen LogP contribution is -2.23. The van der Waals surface area contributed by atoms with Crippen LogP contribution in [0.3, 0.4) is 0 Å². The van der Waals surface area contributed by atoms with Crippen molar-refractivity contribution in [3.63, 3.8) is 0 Å². The van der Waals surface area contributed by atoms with E-state index >= 15 is 0 Å². The van der Waals surface area contributed by atoms with E-state index in [0.717, 1.165) is 16.3 Å². The molecule has 100 valence electrons. The van der Waals surface area contributed by atoms with E-state index in [2.05, 4.69) is 0 Å². The molecule has 19 heavy (non-hydrogen) atoms. The fraction of sp³-hybridized carbons (Fsp3) is 0.214. The molecular weight excluding hydrogens is 264 g/mol. The van der Waals surface area contributed by atoms with Gasteiger partial charge in [-0.3, -0.25) is 4.79 Å². The predicted octanol–water partition coefficient (Wildman–Crippen LogP) is 1.99. The number of carbonyl (C=O) groups excluding carboxylic acids is 1. The summed E-state index contributed by atoms with van der Waals surface area (Å²) in [6.07, 6.45) is 0. The Kier molecular flexibility index (Phi) is 4.37. The summed E-state index contributed by atoms with van der Waals surface area (Å²) < 4.78 is 5.16. The zero-order chi connectivity index (χ0) is 13.8. The average molecular weight is 279 g/mol. The van der Waals surface area contributed by atoms with Gasteiger partial charge in [-0.15, -0.1) is 0 Å². The number of nitrogens with two attached hydrogens (primary N) is 2. The number of ether oxygens (including phenoxy) is 1. The lowest BCUT2D eigenvalue weighted by molar-refractivity contribution is -0.122. The van der Waals surface area contributed by atoms with Crippen molar-refractivity contribution in [2.24, 2.45) is 11.5 Å². The second kappa shape index (κ2) is 6.02. The molecule has 2 rings (SSSR count). The highest BCUT2D eigenvalue weighted by Crippen LogP contribution is 2.29. The minimum absolute atomic E-state index is 0.126. The zero-order valence-electron chi connectivity index (χ0n) is 10.3. The normalized spacial score (nSPS) is 12.5. The highest BCUT2D eigenvalue weighted by molar-refractivity contribution is 6.35. The highest BCUT2D eigenvalue weighted by Gasteiger charge is 2.12. The van der Waals surface area contributed by atoms with E-state index in [4.69, 9.17) is 27.8 Å². The monoisotopic (exact) mass is 278 g/mol. The van der Waals surface area contributed by atoms with Gasteiger partial charge in [0.1, 0.15) is 6.61 Å². The first kappa shape index (κ1) is 13.8. The second-order valence-electron chi connectivity index (χ2n) is 4.27. The minimum Gasteiger partial charge on any atom is -0.370 e. The molecule has 0 spiro atoms. The molecule has 5 heteroatoms. The van der Waals surface area contributed by atoms with Crippen LogP contribution < -0.4 is 11.5 Å². The number of hydrogen-bond acceptors (Lipinski definition) is 3. The Hall–Kier alpha value is -1.62. The number of benzene rings is 2. The highest BCUT2D eigenvalue weighted by atomic mass is 35.5. The molecule has 1 amide bonds. The van der Waals surface area contributed by atoms with Crippen LogP contribution in [-0.2, 0) is 9.53 Å². The van der Waals surface area contributed by atoms with Crippen molar-refractivity contribution in [2.75, 3.05) is 13.2 Å². The quantitative estimate of drug-likeness (QED) is 0.878. The van der Waals surface area contributed by atoms with Crippen LogP contribution in [0.5, 0.6) is 0 Å². The molecule has 4 N–H and O–H groups in total. The van der Waals surface area contributed by atoms with Crippen LogP contribution in [-0.4, -0.2) is 19.1 Å². The van der Waals surface area contributed by atoms with Crippen molar-refractivity contribution < 1.29 is 9.53 Å². The zero-order valence-corrected chi connectivity index (χ0v) is 11.1. The van der Waals surface area contributed by atoms with Gasteiger partial charge in [0.15, 0.2) is 0 Å². The maximum atomic E-state index is 10.6. The van der Waals surface area contributed by atoms with Gasteiger partial charge in [-0.05, 0) is 17.0 Å². The van der Waals surface area contributed by atoms with Gasteiger partial charge in [-0.1, -0.05) is 41.9 Å². The molecule has 0 aliphatic heterocycles. The molecule has 0 aliphatic carbocycles. The molecular formula is C14H15ClN2O2. The fourth-order valence-corrected chi connectivity index (χ4v) is 2.21. The maximum absolute atomic E-state index is 10.6. The number of hydrogen-bond donors (Lipinski definition) is 2. The van der Waals surface area contributed by atoms with Gasteiger partial charge >= 0.3 is 0 Å². The molecule has 0 saturated heterocycles. The average Bonchev–Trinajstić information content (AvgIpc) is 2.39. The fourth-order valence-electron chi connectivity index (χ4n) is 1.99. The molecule has 4 nitrogen and oxygen atoms in total. The molecule has 0 radical (unpaired) electrons. The lowest BCUT2D eigenvalue weighted by atomic mass is 9.99. The van der Waals surface area contributed by atoms with Crippen molar-refractivity contribution in [1.82, 2.24) is 0 Å². The number of primary amides is 1. The Morgan fingerprint density at radius 1 is 1.21 bits per heavy atom. The van der Waals surface area contributed by atoms with Crippen LogP contribution in [0.4, 0.5) is 0 Å². The molecule has 0 saturated carbocycles. The Bertz CT molecular complexity index is 601. The Labute approximate surface area is 116 Å². The molecule has 0 bridgehead atoms. The van der Waals surface area contributed by atoms with Gasteiger partial charge in [0, 0.05) is 10.4 Å². The van der Waals surface area contributed by atoms with Gasteiger partial charge in [0.25, 0.3) is 0 Å². The Morgan fingerprint density at radius 3 is 2.58 bits per heavy atom. The van der Waals surface area contributed by atoms with Crippen molar-refractivity contribution in [3.05, 3.63) is 47.0 Å². The van der Waals surface area contributed by atoms with E-state index in [1.165, 1.54) is 0 Å². The summed E-state index contributed by atoms with van der Waals surface area (Å²) in [4.78, 5) is 10.6. The largest absolute Gasteiger partial charge is 0.370 e. The molecule has 0 heterocycles. The van der Waals surface area contributed by atoms with Crippen LogP contribution in [0.1, 0.15) is 11.6 Å². The summed E-state index contributed by atoms with van der Waals surface area (Å²) >= 11 is 6.15. The molecule has 1 atom stereocenters. The number of carbonyl (C=O) groups is 1. The van der Waals surface area contributed by atoms with E-state index in [0.29, 0.717) is 5.02 Å². The first-order valence-corrected chi connectivity index (χ1v) is 6.26. The number of amides is 1. The van der Waals surface area contributed by atoms with Crippen LogP contribution in [0.15, 0.2) is 36.4 Å².